The van der Waals surface area contributed by atoms with Crippen molar-refractivity contribution in [3.05, 3.63) is 0 Å². The second-order valence-corrected chi connectivity index (χ2v) is 6.48. The highest BCUT2D eigenvalue weighted by atomic mass is 16.5. The maximum atomic E-state index is 5.31. The van der Waals surface area contributed by atoms with Gasteiger partial charge in [0, 0.05) is 58.0 Å². The first-order valence-corrected chi connectivity index (χ1v) is 8.24. The van der Waals surface area contributed by atoms with E-state index in [0.29, 0.717) is 6.04 Å². The first kappa shape index (κ1) is 17.9. The standard InChI is InChI=1S/C16H35N3O/c1-6-15(7-2)18(12-13-20-5)14-16(3,4)19-10-8-17-9-11-19/h15,17H,6-14H2,1-5H3. The molecule has 0 spiro atoms. The van der Waals surface area contributed by atoms with Crippen LogP contribution < -0.4 is 5.32 Å². The molecule has 1 saturated heterocycles. The molecule has 1 rings (SSSR count). The molecule has 0 saturated carbocycles. The van der Waals surface area contributed by atoms with Crippen LogP contribution in [0.15, 0.2) is 0 Å². The van der Waals surface area contributed by atoms with Gasteiger partial charge in [0.15, 0.2) is 0 Å². The van der Waals surface area contributed by atoms with E-state index in [2.05, 4.69) is 42.8 Å². The monoisotopic (exact) mass is 285 g/mol. The largest absolute Gasteiger partial charge is 0.383 e. The highest BCUT2D eigenvalue weighted by Crippen LogP contribution is 2.20. The molecule has 1 fully saturated rings. The minimum absolute atomic E-state index is 0.235. The average Bonchev–Trinajstić information content (AvgIpc) is 2.46. The average molecular weight is 285 g/mol. The number of methoxy groups -OCH3 is 1. The zero-order valence-corrected chi connectivity index (χ0v) is 14.2. The number of piperazine rings is 1. The predicted molar refractivity (Wildman–Crippen MR) is 86.3 cm³/mol. The fourth-order valence-corrected chi connectivity index (χ4v) is 3.27. The van der Waals surface area contributed by atoms with Crippen LogP contribution in [0.25, 0.3) is 0 Å². The molecule has 0 aromatic heterocycles. The van der Waals surface area contributed by atoms with Gasteiger partial charge in [0.2, 0.25) is 0 Å². The lowest BCUT2D eigenvalue weighted by Crippen LogP contribution is -2.59. The van der Waals surface area contributed by atoms with Crippen molar-refractivity contribution < 1.29 is 4.74 Å². The Bertz CT molecular complexity index is 248. The number of nitrogens with zero attached hydrogens (tertiary/aromatic N) is 2. The maximum Gasteiger partial charge on any atom is 0.0589 e. The second-order valence-electron chi connectivity index (χ2n) is 6.48. The van der Waals surface area contributed by atoms with E-state index in [-0.39, 0.29) is 5.54 Å². The lowest BCUT2D eigenvalue weighted by molar-refractivity contribution is 0.0325. The van der Waals surface area contributed by atoms with Crippen molar-refractivity contribution in [1.82, 2.24) is 15.1 Å². The Morgan fingerprint density at radius 1 is 1.20 bits per heavy atom. The van der Waals surface area contributed by atoms with Gasteiger partial charge in [0.1, 0.15) is 0 Å². The number of rotatable bonds is 9. The third kappa shape index (κ3) is 5.32. The Morgan fingerprint density at radius 2 is 1.80 bits per heavy atom. The summed E-state index contributed by atoms with van der Waals surface area (Å²) < 4.78 is 5.31. The van der Waals surface area contributed by atoms with Gasteiger partial charge in [-0.3, -0.25) is 9.80 Å². The highest BCUT2D eigenvalue weighted by Gasteiger charge is 2.31. The van der Waals surface area contributed by atoms with Crippen LogP contribution in [-0.2, 0) is 4.74 Å². The summed E-state index contributed by atoms with van der Waals surface area (Å²) in [6, 6.07) is 0.673. The number of nitrogens with one attached hydrogen (secondary N) is 1. The summed E-state index contributed by atoms with van der Waals surface area (Å²) in [7, 11) is 1.80. The summed E-state index contributed by atoms with van der Waals surface area (Å²) >= 11 is 0. The highest BCUT2D eigenvalue weighted by molar-refractivity contribution is 4.89. The molecule has 1 N–H and O–H groups in total. The van der Waals surface area contributed by atoms with Gasteiger partial charge in [-0.1, -0.05) is 13.8 Å². The van der Waals surface area contributed by atoms with Gasteiger partial charge in [-0.05, 0) is 26.7 Å². The van der Waals surface area contributed by atoms with E-state index in [1.807, 2.05) is 0 Å². The quantitative estimate of drug-likeness (QED) is 0.699. The molecule has 0 aromatic rings. The van der Waals surface area contributed by atoms with Crippen molar-refractivity contribution in [2.24, 2.45) is 0 Å². The van der Waals surface area contributed by atoms with E-state index in [1.54, 1.807) is 7.11 Å². The number of hydrogen-bond donors (Lipinski definition) is 1. The van der Waals surface area contributed by atoms with E-state index in [1.165, 1.54) is 12.8 Å². The summed E-state index contributed by atoms with van der Waals surface area (Å²) in [5.74, 6) is 0. The molecule has 20 heavy (non-hydrogen) atoms. The normalized spacial score (nSPS) is 18.1. The van der Waals surface area contributed by atoms with Gasteiger partial charge in [-0.2, -0.15) is 0 Å². The van der Waals surface area contributed by atoms with E-state index < -0.39 is 0 Å². The van der Waals surface area contributed by atoms with Gasteiger partial charge >= 0.3 is 0 Å². The molecule has 4 nitrogen and oxygen atoms in total. The molecule has 0 amide bonds. The van der Waals surface area contributed by atoms with Crippen molar-refractivity contribution in [3.63, 3.8) is 0 Å². The Hall–Kier alpha value is -0.160. The Morgan fingerprint density at radius 3 is 2.30 bits per heavy atom. The molecule has 120 valence electrons. The number of hydrogen-bond acceptors (Lipinski definition) is 4. The van der Waals surface area contributed by atoms with Crippen LogP contribution in [0.3, 0.4) is 0 Å². The molecule has 1 aliphatic rings. The molecule has 0 atom stereocenters. The Balaban J connectivity index is 2.64. The van der Waals surface area contributed by atoms with Crippen LogP contribution in [0, 0.1) is 0 Å². The molecule has 1 heterocycles. The van der Waals surface area contributed by atoms with Crippen LogP contribution in [0.2, 0.25) is 0 Å². The van der Waals surface area contributed by atoms with E-state index in [0.717, 1.165) is 45.9 Å². The topological polar surface area (TPSA) is 27.7 Å². The summed E-state index contributed by atoms with van der Waals surface area (Å²) in [6.07, 6.45) is 2.44. The summed E-state index contributed by atoms with van der Waals surface area (Å²) in [5, 5.41) is 3.44. The van der Waals surface area contributed by atoms with Crippen LogP contribution >= 0.6 is 0 Å². The molecule has 0 aliphatic carbocycles. The van der Waals surface area contributed by atoms with E-state index in [4.69, 9.17) is 4.74 Å². The van der Waals surface area contributed by atoms with Crippen LogP contribution in [0.5, 0.6) is 0 Å². The van der Waals surface area contributed by atoms with Crippen LogP contribution in [0.1, 0.15) is 40.5 Å². The zero-order chi connectivity index (χ0) is 15.0. The van der Waals surface area contributed by atoms with Crippen molar-refractivity contribution in [2.45, 2.75) is 52.1 Å². The fraction of sp³-hybridized carbons (Fsp3) is 1.00. The van der Waals surface area contributed by atoms with Crippen LogP contribution in [-0.4, -0.2) is 74.4 Å². The Labute approximate surface area is 125 Å². The van der Waals surface area contributed by atoms with Crippen molar-refractivity contribution in [1.29, 1.82) is 0 Å². The van der Waals surface area contributed by atoms with Crippen molar-refractivity contribution in [3.8, 4) is 0 Å². The number of ether oxygens (including phenoxy) is 1. The smallest absolute Gasteiger partial charge is 0.0589 e. The van der Waals surface area contributed by atoms with Crippen LogP contribution in [0.4, 0.5) is 0 Å². The lowest BCUT2D eigenvalue weighted by atomic mass is 9.98. The second kappa shape index (κ2) is 8.98. The predicted octanol–water partition coefficient (Wildman–Crippen LogP) is 1.81. The molecule has 4 heteroatoms. The summed E-state index contributed by atoms with van der Waals surface area (Å²) in [4.78, 5) is 5.26. The van der Waals surface area contributed by atoms with Crippen molar-refractivity contribution in [2.75, 3.05) is 53.0 Å². The third-order valence-electron chi connectivity index (χ3n) is 4.60. The first-order chi connectivity index (χ1) is 9.55. The minimum Gasteiger partial charge on any atom is -0.383 e. The molecular formula is C16H35N3O. The summed E-state index contributed by atoms with van der Waals surface area (Å²) in [6.45, 7) is 16.9. The van der Waals surface area contributed by atoms with E-state index >= 15 is 0 Å². The fourth-order valence-electron chi connectivity index (χ4n) is 3.27. The van der Waals surface area contributed by atoms with E-state index in [9.17, 15) is 0 Å². The zero-order valence-electron chi connectivity index (χ0n) is 14.2. The van der Waals surface area contributed by atoms with Crippen molar-refractivity contribution >= 4 is 0 Å². The van der Waals surface area contributed by atoms with Gasteiger partial charge in [0.25, 0.3) is 0 Å². The maximum absolute atomic E-state index is 5.31. The van der Waals surface area contributed by atoms with Gasteiger partial charge in [-0.15, -0.1) is 0 Å². The third-order valence-corrected chi connectivity index (χ3v) is 4.60. The van der Waals surface area contributed by atoms with Gasteiger partial charge < -0.3 is 10.1 Å². The van der Waals surface area contributed by atoms with Gasteiger partial charge in [0.05, 0.1) is 6.61 Å². The first-order valence-electron chi connectivity index (χ1n) is 8.24. The molecule has 0 radical (unpaired) electrons. The lowest BCUT2D eigenvalue weighted by Gasteiger charge is -2.45. The molecule has 0 aromatic carbocycles. The summed E-state index contributed by atoms with van der Waals surface area (Å²) in [5.41, 5.74) is 0.235. The molecule has 0 unspecified atom stereocenters. The molecule has 0 bridgehead atoms. The Kier molecular flexibility index (Phi) is 8.03. The SMILES string of the molecule is CCC(CC)N(CCOC)CC(C)(C)N1CCNCC1. The molecule has 1 aliphatic heterocycles. The van der Waals surface area contributed by atoms with Gasteiger partial charge in [-0.25, -0.2) is 0 Å². The molecular weight excluding hydrogens is 250 g/mol. The minimum atomic E-state index is 0.235.